The summed E-state index contributed by atoms with van der Waals surface area (Å²) < 4.78 is 7.24. The van der Waals surface area contributed by atoms with Gasteiger partial charge in [-0.25, -0.2) is 4.79 Å². The van der Waals surface area contributed by atoms with Crippen LogP contribution in [0.5, 0.6) is 0 Å². The minimum Gasteiger partial charge on any atom is -0.393 e. The smallest absolute Gasteiger partial charge is 0.349 e. The number of ether oxygens (including phenoxy) is 1. The van der Waals surface area contributed by atoms with E-state index in [1.54, 1.807) is 12.3 Å². The van der Waals surface area contributed by atoms with Crippen LogP contribution >= 0.6 is 0 Å². The lowest BCUT2D eigenvalue weighted by molar-refractivity contribution is -0.0446. The summed E-state index contributed by atoms with van der Waals surface area (Å²) in [5.74, 6) is 0.220. The number of rotatable bonds is 4. The zero-order chi connectivity index (χ0) is 13.2. The van der Waals surface area contributed by atoms with Crippen LogP contribution in [-0.2, 0) is 4.74 Å². The number of nitrogens with two attached hydrogens (primary N) is 1. The van der Waals surface area contributed by atoms with Crippen molar-refractivity contribution in [1.29, 1.82) is 0 Å². The van der Waals surface area contributed by atoms with Crippen LogP contribution in [0.25, 0.3) is 0 Å². The van der Waals surface area contributed by atoms with Crippen molar-refractivity contribution in [1.82, 2.24) is 9.55 Å². The third-order valence-electron chi connectivity index (χ3n) is 3.43. The van der Waals surface area contributed by atoms with Crippen molar-refractivity contribution in [3.8, 4) is 0 Å². The molecule has 1 aliphatic rings. The average molecular weight is 253 g/mol. The molecule has 2 rings (SSSR count). The van der Waals surface area contributed by atoms with Crippen LogP contribution in [0.2, 0.25) is 0 Å². The van der Waals surface area contributed by atoms with Gasteiger partial charge in [-0.2, -0.15) is 4.98 Å². The molecule has 6 heteroatoms. The molecule has 18 heavy (non-hydrogen) atoms. The van der Waals surface area contributed by atoms with Gasteiger partial charge in [0.15, 0.2) is 0 Å². The summed E-state index contributed by atoms with van der Waals surface area (Å²) in [6.45, 7) is 2.45. The van der Waals surface area contributed by atoms with Crippen molar-refractivity contribution < 1.29 is 9.84 Å². The third kappa shape index (κ3) is 2.39. The van der Waals surface area contributed by atoms with Gasteiger partial charge in [-0.15, -0.1) is 0 Å². The first-order chi connectivity index (χ1) is 8.60. The molecule has 100 valence electrons. The van der Waals surface area contributed by atoms with Crippen LogP contribution in [0.1, 0.15) is 32.2 Å². The van der Waals surface area contributed by atoms with Gasteiger partial charge in [0.1, 0.15) is 5.82 Å². The minimum absolute atomic E-state index is 0.0194. The molecule has 1 aromatic heterocycles. The Morgan fingerprint density at radius 1 is 1.72 bits per heavy atom. The Labute approximate surface area is 105 Å². The van der Waals surface area contributed by atoms with Gasteiger partial charge >= 0.3 is 5.69 Å². The number of hydrogen-bond acceptors (Lipinski definition) is 5. The van der Waals surface area contributed by atoms with Crippen LogP contribution in [0.3, 0.4) is 0 Å². The first kappa shape index (κ1) is 13.0. The quantitative estimate of drug-likeness (QED) is 0.806. The molecule has 2 atom stereocenters. The molecule has 0 bridgehead atoms. The van der Waals surface area contributed by atoms with Gasteiger partial charge in [0.05, 0.1) is 24.9 Å². The molecule has 0 aromatic carbocycles. The van der Waals surface area contributed by atoms with Crippen LogP contribution in [0.4, 0.5) is 5.82 Å². The molecule has 3 N–H and O–H groups in total. The molecular formula is C12H19N3O3. The van der Waals surface area contributed by atoms with E-state index in [2.05, 4.69) is 4.98 Å². The van der Waals surface area contributed by atoms with Crippen molar-refractivity contribution in [3.63, 3.8) is 0 Å². The SMILES string of the molecule is CCC[C@@]1(CO)CC(n2ccc(N)nc2=O)CO1. The van der Waals surface area contributed by atoms with Gasteiger partial charge in [-0.3, -0.25) is 4.57 Å². The summed E-state index contributed by atoms with van der Waals surface area (Å²) in [6, 6.07) is 1.52. The molecule has 0 radical (unpaired) electrons. The lowest BCUT2D eigenvalue weighted by atomic mass is 9.94. The van der Waals surface area contributed by atoms with Crippen LogP contribution < -0.4 is 11.4 Å². The van der Waals surface area contributed by atoms with Crippen molar-refractivity contribution in [2.24, 2.45) is 0 Å². The second-order valence-electron chi connectivity index (χ2n) is 4.80. The third-order valence-corrected chi connectivity index (χ3v) is 3.43. The zero-order valence-corrected chi connectivity index (χ0v) is 10.5. The van der Waals surface area contributed by atoms with E-state index in [0.717, 1.165) is 12.8 Å². The topological polar surface area (TPSA) is 90.4 Å². The number of nitrogen functional groups attached to an aromatic ring is 1. The molecule has 1 fully saturated rings. The van der Waals surface area contributed by atoms with Crippen molar-refractivity contribution >= 4 is 5.82 Å². The summed E-state index contributed by atoms with van der Waals surface area (Å²) in [5, 5.41) is 9.48. The van der Waals surface area contributed by atoms with E-state index in [9.17, 15) is 9.90 Å². The van der Waals surface area contributed by atoms with E-state index < -0.39 is 5.60 Å². The van der Waals surface area contributed by atoms with Crippen molar-refractivity contribution in [3.05, 3.63) is 22.7 Å². The highest BCUT2D eigenvalue weighted by Crippen LogP contribution is 2.35. The van der Waals surface area contributed by atoms with E-state index in [4.69, 9.17) is 10.5 Å². The molecule has 1 unspecified atom stereocenters. The second-order valence-corrected chi connectivity index (χ2v) is 4.80. The Morgan fingerprint density at radius 2 is 2.50 bits per heavy atom. The van der Waals surface area contributed by atoms with Gasteiger partial charge in [0.25, 0.3) is 0 Å². The fourth-order valence-corrected chi connectivity index (χ4v) is 2.52. The second kappa shape index (κ2) is 5.07. The van der Waals surface area contributed by atoms with E-state index >= 15 is 0 Å². The van der Waals surface area contributed by atoms with E-state index in [1.165, 1.54) is 4.57 Å². The highest BCUT2D eigenvalue weighted by molar-refractivity contribution is 5.23. The standard InChI is InChI=1S/C12H19N3O3/c1-2-4-12(8-16)6-9(7-18-12)15-5-3-10(13)14-11(15)17/h3,5,9,16H,2,4,6-8H2,1H3,(H2,13,14,17)/t9?,12-/m0/s1. The lowest BCUT2D eigenvalue weighted by Gasteiger charge is -2.25. The maximum Gasteiger partial charge on any atom is 0.349 e. The Balaban J connectivity index is 2.19. The first-order valence-electron chi connectivity index (χ1n) is 6.20. The largest absolute Gasteiger partial charge is 0.393 e. The molecule has 0 amide bonds. The Hall–Kier alpha value is -1.40. The number of aromatic nitrogens is 2. The molecular weight excluding hydrogens is 234 g/mol. The van der Waals surface area contributed by atoms with Gasteiger partial charge in [0.2, 0.25) is 0 Å². The fraction of sp³-hybridized carbons (Fsp3) is 0.667. The fourth-order valence-electron chi connectivity index (χ4n) is 2.52. The molecule has 2 heterocycles. The normalized spacial score (nSPS) is 27.6. The van der Waals surface area contributed by atoms with Crippen LogP contribution in [0, 0.1) is 0 Å². The number of aliphatic hydroxyl groups is 1. The Morgan fingerprint density at radius 3 is 3.11 bits per heavy atom. The number of hydrogen-bond donors (Lipinski definition) is 2. The molecule has 1 aromatic rings. The summed E-state index contributed by atoms with van der Waals surface area (Å²) in [7, 11) is 0. The highest BCUT2D eigenvalue weighted by Gasteiger charge is 2.40. The molecule has 0 spiro atoms. The summed E-state index contributed by atoms with van der Waals surface area (Å²) in [6.07, 6.45) is 3.99. The van der Waals surface area contributed by atoms with E-state index in [1.807, 2.05) is 6.92 Å². The predicted molar refractivity (Wildman–Crippen MR) is 67.2 cm³/mol. The Kier molecular flexibility index (Phi) is 3.68. The maximum atomic E-state index is 11.7. The number of anilines is 1. The van der Waals surface area contributed by atoms with Crippen molar-refractivity contribution in [2.75, 3.05) is 18.9 Å². The minimum atomic E-state index is -0.514. The molecule has 0 aliphatic carbocycles. The van der Waals surface area contributed by atoms with Gasteiger partial charge in [0, 0.05) is 12.6 Å². The number of nitrogens with zero attached hydrogens (tertiary/aromatic N) is 2. The van der Waals surface area contributed by atoms with Gasteiger partial charge < -0.3 is 15.6 Å². The molecule has 0 saturated carbocycles. The average Bonchev–Trinajstić information content (AvgIpc) is 2.74. The van der Waals surface area contributed by atoms with Crippen LogP contribution in [0.15, 0.2) is 17.1 Å². The molecule has 6 nitrogen and oxygen atoms in total. The zero-order valence-electron chi connectivity index (χ0n) is 10.5. The Bertz CT molecular complexity index is 474. The first-order valence-corrected chi connectivity index (χ1v) is 6.20. The van der Waals surface area contributed by atoms with E-state index in [0.29, 0.717) is 13.0 Å². The summed E-state index contributed by atoms with van der Waals surface area (Å²) >= 11 is 0. The molecule has 1 aliphatic heterocycles. The number of aliphatic hydroxyl groups excluding tert-OH is 1. The van der Waals surface area contributed by atoms with Crippen molar-refractivity contribution in [2.45, 2.75) is 37.8 Å². The lowest BCUT2D eigenvalue weighted by Crippen LogP contribution is -2.33. The highest BCUT2D eigenvalue weighted by atomic mass is 16.5. The van der Waals surface area contributed by atoms with E-state index in [-0.39, 0.29) is 24.2 Å². The molecule has 1 saturated heterocycles. The van der Waals surface area contributed by atoms with Gasteiger partial charge in [-0.1, -0.05) is 13.3 Å². The summed E-state index contributed by atoms with van der Waals surface area (Å²) in [4.78, 5) is 15.4. The summed E-state index contributed by atoms with van der Waals surface area (Å²) in [5.41, 5.74) is 4.58. The predicted octanol–water partition coefficient (Wildman–Crippen LogP) is 0.318. The maximum absolute atomic E-state index is 11.7. The monoisotopic (exact) mass is 253 g/mol. The van der Waals surface area contributed by atoms with Crippen LogP contribution in [-0.4, -0.2) is 33.5 Å². The van der Waals surface area contributed by atoms with Gasteiger partial charge in [-0.05, 0) is 12.5 Å².